The summed E-state index contributed by atoms with van der Waals surface area (Å²) >= 11 is 0. The summed E-state index contributed by atoms with van der Waals surface area (Å²) < 4.78 is 28.6. The van der Waals surface area contributed by atoms with Crippen LogP contribution in [0, 0.1) is 0 Å². The summed E-state index contributed by atoms with van der Waals surface area (Å²) in [6, 6.07) is 8.38. The minimum atomic E-state index is -2.76. The molecule has 0 aliphatic carbocycles. The van der Waals surface area contributed by atoms with E-state index in [9.17, 15) is 8.78 Å². The van der Waals surface area contributed by atoms with Gasteiger partial charge in [-0.3, -0.25) is 9.80 Å². The van der Waals surface area contributed by atoms with Gasteiger partial charge in [0.25, 0.3) is 0 Å². The van der Waals surface area contributed by atoms with Gasteiger partial charge in [0.1, 0.15) is 5.75 Å². The Labute approximate surface area is 130 Å². The molecule has 5 heteroatoms. The Bertz CT molecular complexity index is 474. The highest BCUT2D eigenvalue weighted by Gasteiger charge is 2.34. The van der Waals surface area contributed by atoms with E-state index in [4.69, 9.17) is 0 Å². The van der Waals surface area contributed by atoms with Crippen LogP contribution in [0.3, 0.4) is 0 Å². The Morgan fingerprint density at radius 2 is 1.91 bits per heavy atom. The molecule has 1 atom stereocenters. The van der Waals surface area contributed by atoms with Crippen LogP contribution >= 0.6 is 0 Å². The molecule has 122 valence electrons. The third kappa shape index (κ3) is 3.76. The number of halogens is 2. The maximum absolute atomic E-state index is 12.1. The number of hydrogen-bond acceptors (Lipinski definition) is 3. The van der Waals surface area contributed by atoms with Gasteiger partial charge in [0, 0.05) is 31.7 Å². The molecule has 0 saturated carbocycles. The normalized spacial score (nSPS) is 24.5. The first-order valence-electron chi connectivity index (χ1n) is 8.13. The maximum atomic E-state index is 12.1. The summed E-state index contributed by atoms with van der Waals surface area (Å²) in [7, 11) is 0. The Hall–Kier alpha value is -1.20. The van der Waals surface area contributed by atoms with Crippen LogP contribution in [0.1, 0.15) is 31.7 Å². The van der Waals surface area contributed by atoms with E-state index < -0.39 is 6.61 Å². The van der Waals surface area contributed by atoms with Crippen LogP contribution in [-0.4, -0.2) is 48.1 Å². The fourth-order valence-corrected chi connectivity index (χ4v) is 3.58. The molecule has 0 spiro atoms. The molecule has 3 rings (SSSR count). The number of benzene rings is 1. The molecule has 2 aliphatic rings. The van der Waals surface area contributed by atoms with Crippen molar-refractivity contribution in [3.63, 3.8) is 0 Å². The summed E-state index contributed by atoms with van der Waals surface area (Å²) in [5.74, 6) is 0.224. The van der Waals surface area contributed by atoms with Gasteiger partial charge in [0.05, 0.1) is 0 Å². The monoisotopic (exact) mass is 310 g/mol. The molecule has 0 radical (unpaired) electrons. The van der Waals surface area contributed by atoms with Gasteiger partial charge in [-0.15, -0.1) is 0 Å². The molecule has 0 amide bonds. The quantitative estimate of drug-likeness (QED) is 0.829. The summed E-state index contributed by atoms with van der Waals surface area (Å²) in [4.78, 5) is 5.06. The van der Waals surface area contributed by atoms with Gasteiger partial charge in [-0.05, 0) is 44.0 Å². The fraction of sp³-hybridized carbons (Fsp3) is 0.647. The average Bonchev–Trinajstić information content (AvgIpc) is 2.45. The standard InChI is InChI=1S/C17H24F2N2O/c1-13-4-2-3-9-21(13)15-11-20(12-15)10-14-5-7-16(8-6-14)22-17(18)19/h5-8,13,15,17H,2-4,9-12H2,1H3. The zero-order valence-corrected chi connectivity index (χ0v) is 13.0. The molecule has 2 fully saturated rings. The fourth-order valence-electron chi connectivity index (χ4n) is 3.58. The van der Waals surface area contributed by atoms with Crippen LogP contribution in [0.15, 0.2) is 24.3 Å². The first-order valence-corrected chi connectivity index (χ1v) is 8.13. The van der Waals surface area contributed by atoms with E-state index in [0.717, 1.165) is 25.2 Å². The number of hydrogen-bond donors (Lipinski definition) is 0. The Morgan fingerprint density at radius 1 is 1.18 bits per heavy atom. The third-order valence-electron chi connectivity index (χ3n) is 4.82. The Kier molecular flexibility index (Phi) is 4.93. The minimum absolute atomic E-state index is 0.224. The lowest BCUT2D eigenvalue weighted by Gasteiger charge is -2.49. The summed E-state index contributed by atoms with van der Waals surface area (Å²) in [6.45, 7) is 3.92. The second-order valence-electron chi connectivity index (χ2n) is 6.45. The van der Waals surface area contributed by atoms with E-state index in [1.54, 1.807) is 12.1 Å². The van der Waals surface area contributed by atoms with Crippen molar-refractivity contribution in [1.29, 1.82) is 0 Å². The topological polar surface area (TPSA) is 15.7 Å². The van der Waals surface area contributed by atoms with Gasteiger partial charge in [-0.1, -0.05) is 18.6 Å². The SMILES string of the molecule is CC1CCCCN1C1CN(Cc2ccc(OC(F)F)cc2)C1. The number of piperidine rings is 1. The van der Waals surface area contributed by atoms with E-state index in [0.29, 0.717) is 12.1 Å². The average molecular weight is 310 g/mol. The van der Waals surface area contributed by atoms with E-state index in [-0.39, 0.29) is 5.75 Å². The Morgan fingerprint density at radius 3 is 2.55 bits per heavy atom. The lowest BCUT2D eigenvalue weighted by Crippen LogP contribution is -2.61. The second-order valence-corrected chi connectivity index (χ2v) is 6.45. The first kappa shape index (κ1) is 15.7. The van der Waals surface area contributed by atoms with Crippen molar-refractivity contribution in [2.45, 2.75) is 51.4 Å². The number of rotatable bonds is 5. The largest absolute Gasteiger partial charge is 0.435 e. The van der Waals surface area contributed by atoms with E-state index in [1.807, 2.05) is 12.1 Å². The van der Waals surface area contributed by atoms with Crippen LogP contribution in [0.25, 0.3) is 0 Å². The molecule has 0 bridgehead atoms. The van der Waals surface area contributed by atoms with Crippen LogP contribution in [0.5, 0.6) is 5.75 Å². The van der Waals surface area contributed by atoms with Crippen molar-refractivity contribution in [2.75, 3.05) is 19.6 Å². The smallest absolute Gasteiger partial charge is 0.387 e. The highest BCUT2D eigenvalue weighted by atomic mass is 19.3. The summed E-state index contributed by atoms with van der Waals surface area (Å²) in [5.41, 5.74) is 1.15. The van der Waals surface area contributed by atoms with Crippen molar-refractivity contribution in [1.82, 2.24) is 9.80 Å². The molecular formula is C17H24F2N2O. The van der Waals surface area contributed by atoms with Gasteiger partial charge < -0.3 is 4.74 Å². The van der Waals surface area contributed by atoms with Gasteiger partial charge in [-0.25, -0.2) is 0 Å². The zero-order chi connectivity index (χ0) is 15.5. The van der Waals surface area contributed by atoms with E-state index >= 15 is 0 Å². The molecule has 2 aliphatic heterocycles. The number of nitrogens with zero attached hydrogens (tertiary/aromatic N) is 2. The molecule has 1 unspecified atom stereocenters. The van der Waals surface area contributed by atoms with Crippen LogP contribution in [0.2, 0.25) is 0 Å². The molecule has 0 N–H and O–H groups in total. The highest BCUT2D eigenvalue weighted by molar-refractivity contribution is 5.27. The third-order valence-corrected chi connectivity index (χ3v) is 4.82. The van der Waals surface area contributed by atoms with Crippen LogP contribution in [0.4, 0.5) is 8.78 Å². The van der Waals surface area contributed by atoms with Crippen molar-refractivity contribution in [3.05, 3.63) is 29.8 Å². The van der Waals surface area contributed by atoms with Gasteiger partial charge in [0.2, 0.25) is 0 Å². The van der Waals surface area contributed by atoms with Gasteiger partial charge in [-0.2, -0.15) is 8.78 Å². The number of ether oxygens (including phenoxy) is 1. The van der Waals surface area contributed by atoms with Gasteiger partial charge in [0.15, 0.2) is 0 Å². The molecule has 0 aromatic heterocycles. The molecule has 1 aromatic rings. The van der Waals surface area contributed by atoms with Crippen molar-refractivity contribution in [3.8, 4) is 5.75 Å². The van der Waals surface area contributed by atoms with Crippen molar-refractivity contribution in [2.24, 2.45) is 0 Å². The van der Waals surface area contributed by atoms with Crippen LogP contribution in [-0.2, 0) is 6.54 Å². The van der Waals surface area contributed by atoms with Crippen molar-refractivity contribution >= 4 is 0 Å². The molecule has 2 saturated heterocycles. The molecule has 2 heterocycles. The maximum Gasteiger partial charge on any atom is 0.387 e. The van der Waals surface area contributed by atoms with Gasteiger partial charge >= 0.3 is 6.61 Å². The van der Waals surface area contributed by atoms with E-state index in [1.165, 1.54) is 25.8 Å². The van der Waals surface area contributed by atoms with Crippen LogP contribution < -0.4 is 4.74 Å². The van der Waals surface area contributed by atoms with E-state index in [2.05, 4.69) is 21.5 Å². The molecular weight excluding hydrogens is 286 g/mol. The molecule has 3 nitrogen and oxygen atoms in total. The summed E-state index contributed by atoms with van der Waals surface area (Å²) in [6.07, 6.45) is 4.01. The predicted molar refractivity (Wildman–Crippen MR) is 82.2 cm³/mol. The van der Waals surface area contributed by atoms with Crippen molar-refractivity contribution < 1.29 is 13.5 Å². The molecule has 22 heavy (non-hydrogen) atoms. The number of alkyl halides is 2. The lowest BCUT2D eigenvalue weighted by molar-refractivity contribution is -0.0498. The molecule has 1 aromatic carbocycles. The lowest BCUT2D eigenvalue weighted by atomic mass is 9.97. The zero-order valence-electron chi connectivity index (χ0n) is 13.0. The minimum Gasteiger partial charge on any atom is -0.435 e. The Balaban J connectivity index is 1.45. The predicted octanol–water partition coefficient (Wildman–Crippen LogP) is 3.35. The first-order chi connectivity index (χ1) is 10.6. The highest BCUT2D eigenvalue weighted by Crippen LogP contribution is 2.25. The number of likely N-dealkylation sites (tertiary alicyclic amines) is 2. The second kappa shape index (κ2) is 6.92. The summed E-state index contributed by atoms with van der Waals surface area (Å²) in [5, 5.41) is 0.